The molecule has 0 fully saturated rings. The maximum atomic E-state index is 6.10. The zero-order valence-corrected chi connectivity index (χ0v) is 11.3. The van der Waals surface area contributed by atoms with E-state index >= 15 is 0 Å². The lowest BCUT2D eigenvalue weighted by Gasteiger charge is -2.16. The first-order valence-electron chi connectivity index (χ1n) is 5.97. The van der Waals surface area contributed by atoms with E-state index in [0.717, 1.165) is 11.4 Å². The van der Waals surface area contributed by atoms with Crippen LogP contribution >= 0.6 is 11.6 Å². The van der Waals surface area contributed by atoms with Crippen LogP contribution in [0.3, 0.4) is 0 Å². The Balaban J connectivity index is 2.33. The molecule has 0 saturated heterocycles. The van der Waals surface area contributed by atoms with Crippen molar-refractivity contribution in [1.29, 1.82) is 0 Å². The third-order valence-electron chi connectivity index (χ3n) is 2.69. The summed E-state index contributed by atoms with van der Waals surface area (Å²) in [5, 5.41) is 8.48. The van der Waals surface area contributed by atoms with Crippen LogP contribution < -0.4 is 0 Å². The Labute approximate surface area is 112 Å². The number of benzene rings is 1. The van der Waals surface area contributed by atoms with E-state index in [-0.39, 0.29) is 6.04 Å². The minimum atomic E-state index is 0.0997. The Bertz CT molecular complexity index is 498. The first kappa shape index (κ1) is 13.1. The molecule has 0 aliphatic heterocycles. The molecule has 4 nitrogen and oxygen atoms in total. The first-order valence-corrected chi connectivity index (χ1v) is 6.35. The van der Waals surface area contributed by atoms with Crippen molar-refractivity contribution in [2.24, 2.45) is 0 Å². The summed E-state index contributed by atoms with van der Waals surface area (Å²) in [4.78, 5) is 0. The third-order valence-corrected chi connectivity index (χ3v) is 2.95. The molecule has 0 aliphatic carbocycles. The van der Waals surface area contributed by atoms with Gasteiger partial charge in [-0.1, -0.05) is 30.3 Å². The summed E-state index contributed by atoms with van der Waals surface area (Å²) >= 11 is 6.10. The van der Waals surface area contributed by atoms with Gasteiger partial charge in [-0.3, -0.25) is 4.57 Å². The highest BCUT2D eigenvalue weighted by atomic mass is 35.5. The molecule has 2 rings (SSSR count). The smallest absolute Gasteiger partial charge is 0.225 e. The summed E-state index contributed by atoms with van der Waals surface area (Å²) in [7, 11) is 0. The van der Waals surface area contributed by atoms with E-state index in [1.54, 1.807) is 0 Å². The number of ether oxygens (including phenoxy) is 1. The van der Waals surface area contributed by atoms with E-state index in [4.69, 9.17) is 16.3 Å². The maximum absolute atomic E-state index is 6.10. The zero-order chi connectivity index (χ0) is 13.0. The average molecular weight is 266 g/mol. The summed E-state index contributed by atoms with van der Waals surface area (Å²) in [5.41, 5.74) is 1.00. The molecule has 1 aromatic heterocycles. The second-order valence-corrected chi connectivity index (χ2v) is 4.38. The van der Waals surface area contributed by atoms with Gasteiger partial charge in [0, 0.05) is 12.2 Å². The number of aromatic nitrogens is 3. The Morgan fingerprint density at radius 3 is 2.67 bits per heavy atom. The van der Waals surface area contributed by atoms with Crippen LogP contribution in [0.2, 0.25) is 5.28 Å². The SMILES string of the molecule is CCOCC(C)n1c(Cl)nnc1-c1ccccc1. The maximum Gasteiger partial charge on any atom is 0.225 e. The fraction of sp³-hybridized carbons (Fsp3) is 0.385. The van der Waals surface area contributed by atoms with Crippen LogP contribution in [0.1, 0.15) is 19.9 Å². The minimum Gasteiger partial charge on any atom is -0.380 e. The first-order chi connectivity index (χ1) is 8.74. The van der Waals surface area contributed by atoms with E-state index < -0.39 is 0 Å². The molecule has 2 aromatic rings. The second-order valence-electron chi connectivity index (χ2n) is 4.04. The predicted octanol–water partition coefficient (Wildman–Crippen LogP) is 3.20. The molecule has 0 N–H and O–H groups in total. The monoisotopic (exact) mass is 265 g/mol. The fourth-order valence-electron chi connectivity index (χ4n) is 1.81. The van der Waals surface area contributed by atoms with Gasteiger partial charge in [0.25, 0.3) is 0 Å². The summed E-state index contributed by atoms with van der Waals surface area (Å²) in [6.07, 6.45) is 0. The van der Waals surface area contributed by atoms with Gasteiger partial charge in [-0.2, -0.15) is 0 Å². The Morgan fingerprint density at radius 2 is 2.00 bits per heavy atom. The van der Waals surface area contributed by atoms with Gasteiger partial charge in [-0.25, -0.2) is 0 Å². The van der Waals surface area contributed by atoms with Crippen molar-refractivity contribution in [3.63, 3.8) is 0 Å². The molecule has 96 valence electrons. The highest BCUT2D eigenvalue weighted by molar-refractivity contribution is 6.28. The third kappa shape index (κ3) is 2.71. The van der Waals surface area contributed by atoms with Gasteiger partial charge in [0.15, 0.2) is 5.82 Å². The van der Waals surface area contributed by atoms with Gasteiger partial charge >= 0.3 is 0 Å². The fourth-order valence-corrected chi connectivity index (χ4v) is 2.09. The lowest BCUT2D eigenvalue weighted by atomic mass is 10.2. The van der Waals surface area contributed by atoms with Crippen molar-refractivity contribution in [1.82, 2.24) is 14.8 Å². The Morgan fingerprint density at radius 1 is 1.28 bits per heavy atom. The van der Waals surface area contributed by atoms with Gasteiger partial charge in [-0.05, 0) is 25.4 Å². The highest BCUT2D eigenvalue weighted by Gasteiger charge is 2.17. The topological polar surface area (TPSA) is 39.9 Å². The summed E-state index contributed by atoms with van der Waals surface area (Å²) in [5.74, 6) is 0.771. The normalized spacial score (nSPS) is 12.6. The van der Waals surface area contributed by atoms with E-state index in [2.05, 4.69) is 10.2 Å². The zero-order valence-electron chi connectivity index (χ0n) is 10.5. The van der Waals surface area contributed by atoms with Crippen LogP contribution in [0.25, 0.3) is 11.4 Å². The van der Waals surface area contributed by atoms with Crippen molar-refractivity contribution in [3.8, 4) is 11.4 Å². The number of hydrogen-bond donors (Lipinski definition) is 0. The molecule has 0 spiro atoms. The molecule has 0 bridgehead atoms. The van der Waals surface area contributed by atoms with E-state index in [1.807, 2.05) is 48.7 Å². The van der Waals surface area contributed by atoms with Crippen molar-refractivity contribution in [2.75, 3.05) is 13.2 Å². The molecule has 1 aromatic carbocycles. The molecule has 18 heavy (non-hydrogen) atoms. The molecular formula is C13H16ClN3O. The number of rotatable bonds is 5. The van der Waals surface area contributed by atoms with Crippen LogP contribution in [-0.4, -0.2) is 28.0 Å². The summed E-state index contributed by atoms with van der Waals surface area (Å²) < 4.78 is 7.33. The van der Waals surface area contributed by atoms with Gasteiger partial charge in [0.05, 0.1) is 12.6 Å². The van der Waals surface area contributed by atoms with Gasteiger partial charge in [-0.15, -0.1) is 10.2 Å². The molecule has 0 aliphatic rings. The summed E-state index contributed by atoms with van der Waals surface area (Å²) in [6.45, 7) is 5.29. The Kier molecular flexibility index (Phi) is 4.33. The van der Waals surface area contributed by atoms with Crippen molar-refractivity contribution in [3.05, 3.63) is 35.6 Å². The van der Waals surface area contributed by atoms with Crippen molar-refractivity contribution >= 4 is 11.6 Å². The van der Waals surface area contributed by atoms with Crippen LogP contribution in [0.15, 0.2) is 30.3 Å². The number of nitrogens with zero attached hydrogens (tertiary/aromatic N) is 3. The van der Waals surface area contributed by atoms with E-state index in [1.165, 1.54) is 0 Å². The lowest BCUT2D eigenvalue weighted by Crippen LogP contribution is -2.13. The van der Waals surface area contributed by atoms with E-state index in [0.29, 0.717) is 18.5 Å². The van der Waals surface area contributed by atoms with Crippen LogP contribution in [-0.2, 0) is 4.74 Å². The molecule has 1 unspecified atom stereocenters. The van der Waals surface area contributed by atoms with Crippen LogP contribution in [0, 0.1) is 0 Å². The van der Waals surface area contributed by atoms with Gasteiger partial charge < -0.3 is 4.74 Å². The predicted molar refractivity (Wildman–Crippen MR) is 71.7 cm³/mol. The quantitative estimate of drug-likeness (QED) is 0.834. The van der Waals surface area contributed by atoms with Crippen molar-refractivity contribution < 1.29 is 4.74 Å². The van der Waals surface area contributed by atoms with Crippen LogP contribution in [0.4, 0.5) is 0 Å². The second kappa shape index (κ2) is 5.98. The van der Waals surface area contributed by atoms with Crippen LogP contribution in [0.5, 0.6) is 0 Å². The van der Waals surface area contributed by atoms with E-state index in [9.17, 15) is 0 Å². The molecule has 1 atom stereocenters. The number of halogens is 1. The van der Waals surface area contributed by atoms with Gasteiger partial charge in [0.2, 0.25) is 5.28 Å². The molecule has 1 heterocycles. The van der Waals surface area contributed by atoms with Crippen molar-refractivity contribution in [2.45, 2.75) is 19.9 Å². The largest absolute Gasteiger partial charge is 0.380 e. The minimum absolute atomic E-state index is 0.0997. The Hall–Kier alpha value is -1.39. The molecule has 0 saturated carbocycles. The molecule has 0 radical (unpaired) electrons. The molecular weight excluding hydrogens is 250 g/mol. The highest BCUT2D eigenvalue weighted by Crippen LogP contribution is 2.24. The lowest BCUT2D eigenvalue weighted by molar-refractivity contribution is 0.119. The molecule has 5 heteroatoms. The molecule has 0 amide bonds. The standard InChI is InChI=1S/C13H16ClN3O/c1-3-18-9-10(2)17-12(15-16-13(17)14)11-7-5-4-6-8-11/h4-8,10H,3,9H2,1-2H3. The summed E-state index contributed by atoms with van der Waals surface area (Å²) in [6, 6.07) is 9.98. The number of hydrogen-bond acceptors (Lipinski definition) is 3. The van der Waals surface area contributed by atoms with Gasteiger partial charge in [0.1, 0.15) is 0 Å². The average Bonchev–Trinajstić information content (AvgIpc) is 2.79.